The Balaban J connectivity index is 2.46. The molecule has 1 rings (SSSR count). The fourth-order valence-electron chi connectivity index (χ4n) is 1.79. The van der Waals surface area contributed by atoms with Crippen molar-refractivity contribution in [1.29, 1.82) is 0 Å². The molecule has 0 radical (unpaired) electrons. The van der Waals surface area contributed by atoms with Crippen molar-refractivity contribution in [2.45, 2.75) is 13.8 Å². The van der Waals surface area contributed by atoms with Crippen LogP contribution in [0.4, 0.5) is 5.69 Å². The molecule has 0 heterocycles. The fraction of sp³-hybridized carbons (Fsp3) is 0.429. The van der Waals surface area contributed by atoms with E-state index in [1.54, 1.807) is 24.3 Å². The van der Waals surface area contributed by atoms with Gasteiger partial charge in [0.15, 0.2) is 0 Å². The zero-order valence-electron chi connectivity index (χ0n) is 12.6. The molecule has 0 spiro atoms. The number of hydrogen-bond acceptors (Lipinski definition) is 4. The average molecular weight is 292 g/mol. The SMILES string of the molecule is CCN(CC)CCNC(=O)c1ccc(NN=C(N)N)cc1. The Morgan fingerprint density at radius 1 is 1.19 bits per heavy atom. The zero-order valence-corrected chi connectivity index (χ0v) is 12.6. The lowest BCUT2D eigenvalue weighted by atomic mass is 10.2. The second-order valence-corrected chi connectivity index (χ2v) is 4.51. The van der Waals surface area contributed by atoms with E-state index in [1.807, 2.05) is 0 Å². The van der Waals surface area contributed by atoms with E-state index < -0.39 is 0 Å². The minimum absolute atomic E-state index is 0.0479. The molecule has 0 atom stereocenters. The molecule has 1 aromatic carbocycles. The van der Waals surface area contributed by atoms with E-state index in [1.165, 1.54) is 0 Å². The highest BCUT2D eigenvalue weighted by atomic mass is 16.1. The molecule has 7 heteroatoms. The molecule has 0 bridgehead atoms. The van der Waals surface area contributed by atoms with E-state index in [0.29, 0.717) is 17.8 Å². The van der Waals surface area contributed by atoms with Crippen LogP contribution in [0.1, 0.15) is 24.2 Å². The van der Waals surface area contributed by atoms with Crippen molar-refractivity contribution >= 4 is 17.6 Å². The van der Waals surface area contributed by atoms with Gasteiger partial charge >= 0.3 is 0 Å². The third-order valence-corrected chi connectivity index (χ3v) is 3.07. The summed E-state index contributed by atoms with van der Waals surface area (Å²) in [6.07, 6.45) is 0. The molecule has 0 saturated carbocycles. The van der Waals surface area contributed by atoms with Crippen molar-refractivity contribution in [2.24, 2.45) is 16.6 Å². The maximum Gasteiger partial charge on any atom is 0.251 e. The standard InChI is InChI=1S/C14H24N6O/c1-3-20(4-2)10-9-17-13(21)11-5-7-12(8-6-11)18-19-14(15)16/h5-8,18H,3-4,9-10H2,1-2H3,(H,17,21)(H4,15,16,19). The van der Waals surface area contributed by atoms with Crippen LogP contribution in [0.2, 0.25) is 0 Å². The van der Waals surface area contributed by atoms with Crippen LogP contribution in [0.3, 0.4) is 0 Å². The molecule has 0 aliphatic heterocycles. The largest absolute Gasteiger partial charge is 0.369 e. The Morgan fingerprint density at radius 3 is 2.33 bits per heavy atom. The molecule has 1 amide bonds. The van der Waals surface area contributed by atoms with Gasteiger partial charge in [-0.05, 0) is 37.4 Å². The van der Waals surface area contributed by atoms with Gasteiger partial charge in [0.05, 0.1) is 5.69 Å². The van der Waals surface area contributed by atoms with Crippen LogP contribution in [-0.2, 0) is 0 Å². The first kappa shape index (κ1) is 16.8. The Hall–Kier alpha value is -2.28. The molecule has 7 nitrogen and oxygen atoms in total. The Morgan fingerprint density at radius 2 is 1.81 bits per heavy atom. The molecule has 21 heavy (non-hydrogen) atoms. The van der Waals surface area contributed by atoms with E-state index in [9.17, 15) is 4.79 Å². The molecule has 0 unspecified atom stereocenters. The maximum atomic E-state index is 12.0. The van der Waals surface area contributed by atoms with Gasteiger partial charge in [0, 0.05) is 18.7 Å². The summed E-state index contributed by atoms with van der Waals surface area (Å²) in [6, 6.07) is 6.92. The Labute approximate surface area is 125 Å². The normalized spacial score (nSPS) is 10.2. The number of rotatable bonds is 8. The minimum Gasteiger partial charge on any atom is -0.369 e. The van der Waals surface area contributed by atoms with Gasteiger partial charge in [-0.1, -0.05) is 13.8 Å². The van der Waals surface area contributed by atoms with Gasteiger partial charge in [-0.3, -0.25) is 10.2 Å². The van der Waals surface area contributed by atoms with Crippen molar-refractivity contribution in [2.75, 3.05) is 31.6 Å². The summed E-state index contributed by atoms with van der Waals surface area (Å²) in [5.41, 5.74) is 14.4. The number of carbonyl (C=O) groups excluding carboxylic acids is 1. The van der Waals surface area contributed by atoms with Crippen LogP contribution in [0.15, 0.2) is 29.4 Å². The summed E-state index contributed by atoms with van der Waals surface area (Å²) in [7, 11) is 0. The van der Waals surface area contributed by atoms with Crippen molar-refractivity contribution in [1.82, 2.24) is 10.2 Å². The molecule has 1 aromatic rings. The van der Waals surface area contributed by atoms with Crippen molar-refractivity contribution in [3.8, 4) is 0 Å². The van der Waals surface area contributed by atoms with Crippen LogP contribution in [0.25, 0.3) is 0 Å². The molecule has 0 aliphatic rings. The van der Waals surface area contributed by atoms with Gasteiger partial charge in [-0.15, -0.1) is 5.10 Å². The predicted octanol–water partition coefficient (Wildman–Crippen LogP) is 0.359. The minimum atomic E-state index is -0.0875. The van der Waals surface area contributed by atoms with E-state index in [4.69, 9.17) is 11.5 Å². The lowest BCUT2D eigenvalue weighted by molar-refractivity contribution is 0.0949. The molecule has 116 valence electrons. The molecular weight excluding hydrogens is 268 g/mol. The summed E-state index contributed by atoms with van der Waals surface area (Å²) in [5, 5.41) is 6.57. The first-order valence-electron chi connectivity index (χ1n) is 7.02. The summed E-state index contributed by atoms with van der Waals surface area (Å²) in [4.78, 5) is 14.2. The van der Waals surface area contributed by atoms with E-state index >= 15 is 0 Å². The number of benzene rings is 1. The molecule has 0 aromatic heterocycles. The van der Waals surface area contributed by atoms with Crippen molar-refractivity contribution < 1.29 is 4.79 Å². The quantitative estimate of drug-likeness (QED) is 0.314. The third kappa shape index (κ3) is 6.13. The van der Waals surface area contributed by atoms with Crippen LogP contribution in [-0.4, -0.2) is 42.9 Å². The van der Waals surface area contributed by atoms with Crippen LogP contribution in [0, 0.1) is 0 Å². The summed E-state index contributed by atoms with van der Waals surface area (Å²) in [6.45, 7) is 7.66. The number of guanidine groups is 1. The summed E-state index contributed by atoms with van der Waals surface area (Å²) >= 11 is 0. The number of nitrogens with two attached hydrogens (primary N) is 2. The first-order chi connectivity index (χ1) is 10.1. The molecule has 0 fully saturated rings. The van der Waals surface area contributed by atoms with Gasteiger partial charge in [-0.25, -0.2) is 0 Å². The predicted molar refractivity (Wildman–Crippen MR) is 86.0 cm³/mol. The van der Waals surface area contributed by atoms with Crippen molar-refractivity contribution in [3.63, 3.8) is 0 Å². The van der Waals surface area contributed by atoms with Gasteiger partial charge in [0.25, 0.3) is 5.91 Å². The van der Waals surface area contributed by atoms with Crippen molar-refractivity contribution in [3.05, 3.63) is 29.8 Å². The number of nitrogens with zero attached hydrogens (tertiary/aromatic N) is 2. The second-order valence-electron chi connectivity index (χ2n) is 4.51. The van der Waals surface area contributed by atoms with Gasteiger partial charge < -0.3 is 21.7 Å². The lowest BCUT2D eigenvalue weighted by Gasteiger charge is -2.17. The Bertz CT molecular complexity index is 463. The molecule has 0 aliphatic carbocycles. The topological polar surface area (TPSA) is 109 Å². The molecular formula is C14H24N6O. The third-order valence-electron chi connectivity index (χ3n) is 3.07. The van der Waals surface area contributed by atoms with Crippen LogP contribution < -0.4 is 22.2 Å². The smallest absolute Gasteiger partial charge is 0.251 e. The number of likely N-dealkylation sites (N-methyl/N-ethyl adjacent to an activating group) is 1. The number of amides is 1. The van der Waals surface area contributed by atoms with Gasteiger partial charge in [0.1, 0.15) is 0 Å². The van der Waals surface area contributed by atoms with Crippen LogP contribution >= 0.6 is 0 Å². The average Bonchev–Trinajstić information content (AvgIpc) is 2.50. The maximum absolute atomic E-state index is 12.0. The van der Waals surface area contributed by atoms with Gasteiger partial charge in [0.2, 0.25) is 5.96 Å². The molecule has 0 saturated heterocycles. The number of carbonyl (C=O) groups is 1. The number of anilines is 1. The first-order valence-corrected chi connectivity index (χ1v) is 7.02. The van der Waals surface area contributed by atoms with E-state index in [-0.39, 0.29) is 11.9 Å². The number of nitrogens with one attached hydrogen (secondary N) is 2. The highest BCUT2D eigenvalue weighted by molar-refractivity contribution is 5.94. The summed E-state index contributed by atoms with van der Waals surface area (Å²) < 4.78 is 0. The fourth-order valence-corrected chi connectivity index (χ4v) is 1.79. The highest BCUT2D eigenvalue weighted by Gasteiger charge is 2.05. The lowest BCUT2D eigenvalue weighted by Crippen LogP contribution is -2.34. The number of hydrogen-bond donors (Lipinski definition) is 4. The Kier molecular flexibility index (Phi) is 7.03. The molecule has 6 N–H and O–H groups in total. The van der Waals surface area contributed by atoms with Gasteiger partial charge in [-0.2, -0.15) is 0 Å². The van der Waals surface area contributed by atoms with Crippen LogP contribution in [0.5, 0.6) is 0 Å². The summed E-state index contributed by atoms with van der Waals surface area (Å²) in [5.74, 6) is -0.135. The van der Waals surface area contributed by atoms with E-state index in [0.717, 1.165) is 19.6 Å². The second kappa shape index (κ2) is 8.80. The van der Waals surface area contributed by atoms with E-state index in [2.05, 4.69) is 34.6 Å². The number of hydrazone groups is 1. The monoisotopic (exact) mass is 292 g/mol. The zero-order chi connectivity index (χ0) is 15.7. The highest BCUT2D eigenvalue weighted by Crippen LogP contribution is 2.09.